The van der Waals surface area contributed by atoms with Crippen LogP contribution in [0, 0.1) is 11.8 Å². The molecule has 3 nitrogen and oxygen atoms in total. The maximum absolute atomic E-state index is 11.5. The Hall–Kier alpha value is -0.570. The van der Waals surface area contributed by atoms with Gasteiger partial charge in [0.15, 0.2) is 0 Å². The molecule has 1 aliphatic rings. The van der Waals surface area contributed by atoms with Crippen molar-refractivity contribution in [3.05, 3.63) is 0 Å². The fourth-order valence-electron chi connectivity index (χ4n) is 1.93. The number of carbonyl (C=O) groups excluding carboxylic acids is 1. The van der Waals surface area contributed by atoms with Crippen LogP contribution in [0.3, 0.4) is 0 Å². The molecule has 3 N–H and O–H groups in total. The highest BCUT2D eigenvalue weighted by molar-refractivity contribution is 5.81. The van der Waals surface area contributed by atoms with Gasteiger partial charge >= 0.3 is 0 Å². The fourth-order valence-corrected chi connectivity index (χ4v) is 1.93. The molecule has 0 saturated heterocycles. The minimum absolute atomic E-state index is 0.0167. The number of nitrogens with one attached hydrogen (secondary N) is 1. The van der Waals surface area contributed by atoms with E-state index in [0.717, 1.165) is 25.3 Å². The van der Waals surface area contributed by atoms with Crippen molar-refractivity contribution in [3.8, 4) is 0 Å². The third-order valence-electron chi connectivity index (χ3n) is 3.14. The minimum Gasteiger partial charge on any atom is -0.355 e. The zero-order valence-corrected chi connectivity index (χ0v) is 9.96. The van der Waals surface area contributed by atoms with E-state index in [2.05, 4.69) is 19.2 Å². The van der Waals surface area contributed by atoms with E-state index in [4.69, 9.17) is 5.73 Å². The summed E-state index contributed by atoms with van der Waals surface area (Å²) < 4.78 is 0. The van der Waals surface area contributed by atoms with Crippen molar-refractivity contribution in [3.63, 3.8) is 0 Å². The second-order valence-corrected chi connectivity index (χ2v) is 5.11. The van der Waals surface area contributed by atoms with Gasteiger partial charge in [-0.05, 0) is 24.7 Å². The van der Waals surface area contributed by atoms with Gasteiger partial charge in [-0.3, -0.25) is 4.79 Å². The second-order valence-electron chi connectivity index (χ2n) is 5.11. The molecule has 0 heterocycles. The Morgan fingerprint density at radius 1 is 1.47 bits per heavy atom. The van der Waals surface area contributed by atoms with E-state index in [9.17, 15) is 4.79 Å². The normalized spacial score (nSPS) is 18.7. The zero-order chi connectivity index (χ0) is 11.3. The summed E-state index contributed by atoms with van der Waals surface area (Å²) in [5.74, 6) is 1.35. The van der Waals surface area contributed by atoms with Gasteiger partial charge in [0.25, 0.3) is 0 Å². The van der Waals surface area contributed by atoms with Gasteiger partial charge in [-0.1, -0.05) is 33.1 Å². The molecule has 88 valence electrons. The number of carbonyl (C=O) groups is 1. The minimum atomic E-state index is -0.327. The van der Waals surface area contributed by atoms with Crippen molar-refractivity contribution in [2.45, 2.75) is 52.0 Å². The van der Waals surface area contributed by atoms with Crippen LogP contribution in [0.4, 0.5) is 0 Å². The highest BCUT2D eigenvalue weighted by atomic mass is 16.2. The molecule has 1 aliphatic carbocycles. The second kappa shape index (κ2) is 6.11. The molecule has 0 unspecified atom stereocenters. The summed E-state index contributed by atoms with van der Waals surface area (Å²) in [7, 11) is 0. The van der Waals surface area contributed by atoms with Crippen LogP contribution in [0.15, 0.2) is 0 Å². The fraction of sp³-hybridized carbons (Fsp3) is 0.917. The predicted octanol–water partition coefficient (Wildman–Crippen LogP) is 1.67. The molecule has 0 aromatic rings. The summed E-state index contributed by atoms with van der Waals surface area (Å²) in [6.07, 6.45) is 5.95. The van der Waals surface area contributed by atoms with Crippen molar-refractivity contribution in [1.29, 1.82) is 0 Å². The van der Waals surface area contributed by atoms with Gasteiger partial charge < -0.3 is 11.1 Å². The van der Waals surface area contributed by atoms with Crippen LogP contribution in [-0.4, -0.2) is 18.5 Å². The van der Waals surface area contributed by atoms with Crippen LogP contribution in [0.2, 0.25) is 0 Å². The molecule has 1 saturated carbocycles. The summed E-state index contributed by atoms with van der Waals surface area (Å²) in [5.41, 5.74) is 5.77. The van der Waals surface area contributed by atoms with Crippen molar-refractivity contribution < 1.29 is 4.79 Å². The standard InChI is InChI=1S/C12H24N2O/c1-9(2)8-11(13)12(15)14-7-6-10-4-3-5-10/h9-11H,3-8,13H2,1-2H3,(H,14,15)/t11-/m0/s1. The molecule has 1 amide bonds. The SMILES string of the molecule is CC(C)C[C@H](N)C(=O)NCCC1CCC1. The molecule has 15 heavy (non-hydrogen) atoms. The largest absolute Gasteiger partial charge is 0.355 e. The average Bonchev–Trinajstić information content (AvgIpc) is 2.07. The maximum Gasteiger partial charge on any atom is 0.236 e. The third-order valence-corrected chi connectivity index (χ3v) is 3.14. The predicted molar refractivity (Wildman–Crippen MR) is 62.4 cm³/mol. The zero-order valence-electron chi connectivity index (χ0n) is 9.96. The van der Waals surface area contributed by atoms with Crippen molar-refractivity contribution in [2.24, 2.45) is 17.6 Å². The van der Waals surface area contributed by atoms with Crippen LogP contribution < -0.4 is 11.1 Å². The first-order chi connectivity index (χ1) is 7.09. The van der Waals surface area contributed by atoms with Crippen LogP contribution >= 0.6 is 0 Å². The van der Waals surface area contributed by atoms with Crippen molar-refractivity contribution in [1.82, 2.24) is 5.32 Å². The lowest BCUT2D eigenvalue weighted by atomic mass is 9.83. The summed E-state index contributed by atoms with van der Waals surface area (Å²) in [6.45, 7) is 4.97. The number of nitrogens with two attached hydrogens (primary N) is 1. The lowest BCUT2D eigenvalue weighted by molar-refractivity contribution is -0.122. The van der Waals surface area contributed by atoms with E-state index >= 15 is 0 Å². The molecule has 1 rings (SSSR count). The van der Waals surface area contributed by atoms with E-state index in [-0.39, 0.29) is 11.9 Å². The van der Waals surface area contributed by atoms with Gasteiger partial charge in [0.05, 0.1) is 6.04 Å². The summed E-state index contributed by atoms with van der Waals surface area (Å²) in [4.78, 5) is 11.5. The summed E-state index contributed by atoms with van der Waals surface area (Å²) in [6, 6.07) is -0.327. The van der Waals surface area contributed by atoms with Crippen LogP contribution in [-0.2, 0) is 4.79 Å². The molecule has 1 fully saturated rings. The van der Waals surface area contributed by atoms with Gasteiger partial charge in [-0.25, -0.2) is 0 Å². The molecule has 0 radical (unpaired) electrons. The van der Waals surface area contributed by atoms with E-state index < -0.39 is 0 Å². The number of hydrogen-bond acceptors (Lipinski definition) is 2. The first kappa shape index (κ1) is 12.5. The third kappa shape index (κ3) is 4.65. The van der Waals surface area contributed by atoms with E-state index in [1.807, 2.05) is 0 Å². The van der Waals surface area contributed by atoms with Crippen LogP contribution in [0.25, 0.3) is 0 Å². The monoisotopic (exact) mass is 212 g/mol. The Balaban J connectivity index is 2.05. The Morgan fingerprint density at radius 2 is 2.13 bits per heavy atom. The Kier molecular flexibility index (Phi) is 5.09. The molecule has 0 aromatic heterocycles. The van der Waals surface area contributed by atoms with Crippen LogP contribution in [0.1, 0.15) is 46.0 Å². The van der Waals surface area contributed by atoms with Gasteiger partial charge in [0.1, 0.15) is 0 Å². The van der Waals surface area contributed by atoms with Gasteiger partial charge in [-0.15, -0.1) is 0 Å². The molecule has 0 bridgehead atoms. The van der Waals surface area contributed by atoms with E-state index in [1.54, 1.807) is 0 Å². The molecular formula is C12H24N2O. The highest BCUT2D eigenvalue weighted by Crippen LogP contribution is 2.28. The van der Waals surface area contributed by atoms with Crippen molar-refractivity contribution in [2.75, 3.05) is 6.54 Å². The Morgan fingerprint density at radius 3 is 2.60 bits per heavy atom. The van der Waals surface area contributed by atoms with Gasteiger partial charge in [-0.2, -0.15) is 0 Å². The quantitative estimate of drug-likeness (QED) is 0.703. The first-order valence-electron chi connectivity index (χ1n) is 6.13. The molecule has 0 aliphatic heterocycles. The number of hydrogen-bond donors (Lipinski definition) is 2. The van der Waals surface area contributed by atoms with Gasteiger partial charge in [0, 0.05) is 6.54 Å². The van der Waals surface area contributed by atoms with Crippen LogP contribution in [0.5, 0.6) is 0 Å². The Bertz CT molecular complexity index is 200. The maximum atomic E-state index is 11.5. The van der Waals surface area contributed by atoms with Crippen molar-refractivity contribution >= 4 is 5.91 Å². The molecule has 0 spiro atoms. The van der Waals surface area contributed by atoms with E-state index in [0.29, 0.717) is 5.92 Å². The number of amides is 1. The smallest absolute Gasteiger partial charge is 0.236 e. The van der Waals surface area contributed by atoms with Gasteiger partial charge in [0.2, 0.25) is 5.91 Å². The molecule has 1 atom stereocenters. The number of rotatable bonds is 6. The average molecular weight is 212 g/mol. The molecular weight excluding hydrogens is 188 g/mol. The topological polar surface area (TPSA) is 55.1 Å². The Labute approximate surface area is 92.8 Å². The first-order valence-corrected chi connectivity index (χ1v) is 6.13. The lowest BCUT2D eigenvalue weighted by Crippen LogP contribution is -2.42. The van der Waals surface area contributed by atoms with E-state index in [1.165, 1.54) is 19.3 Å². The lowest BCUT2D eigenvalue weighted by Gasteiger charge is -2.25. The highest BCUT2D eigenvalue weighted by Gasteiger charge is 2.18. The summed E-state index contributed by atoms with van der Waals surface area (Å²) >= 11 is 0. The molecule has 3 heteroatoms. The summed E-state index contributed by atoms with van der Waals surface area (Å²) in [5, 5.41) is 2.92. The molecule has 0 aromatic carbocycles.